The van der Waals surface area contributed by atoms with Gasteiger partial charge in [0.2, 0.25) is 5.78 Å². The standard InChI is InChI=1S/C21H25NO2/c1-14(2)17-10-7-11-18(15(3)4)21(17)24-13-16-8-5-6-9-19(16)20(23)12-22/h5-12,14-15,22H,13H2,1-4H3. The molecule has 0 saturated heterocycles. The zero-order valence-corrected chi connectivity index (χ0v) is 14.8. The molecule has 0 amide bonds. The molecule has 0 atom stereocenters. The lowest BCUT2D eigenvalue weighted by molar-refractivity contribution is 0.106. The molecule has 0 radical (unpaired) electrons. The van der Waals surface area contributed by atoms with Crippen LogP contribution in [-0.2, 0) is 6.61 Å². The van der Waals surface area contributed by atoms with Crippen LogP contribution in [0.5, 0.6) is 5.75 Å². The lowest BCUT2D eigenvalue weighted by Crippen LogP contribution is -2.09. The Morgan fingerprint density at radius 3 is 2.12 bits per heavy atom. The number of carbonyl (C=O) groups excluding carboxylic acids is 1. The lowest BCUT2D eigenvalue weighted by Gasteiger charge is -2.20. The Bertz CT molecular complexity index is 706. The Morgan fingerprint density at radius 1 is 1.00 bits per heavy atom. The van der Waals surface area contributed by atoms with E-state index < -0.39 is 0 Å². The van der Waals surface area contributed by atoms with Crippen LogP contribution in [0, 0.1) is 5.41 Å². The number of benzene rings is 2. The van der Waals surface area contributed by atoms with Crippen molar-refractivity contribution in [3.63, 3.8) is 0 Å². The van der Waals surface area contributed by atoms with Gasteiger partial charge in [0.1, 0.15) is 12.4 Å². The summed E-state index contributed by atoms with van der Waals surface area (Å²) in [7, 11) is 0. The van der Waals surface area contributed by atoms with Crippen LogP contribution < -0.4 is 4.74 Å². The second-order valence-corrected chi connectivity index (χ2v) is 6.53. The fraction of sp³-hybridized carbons (Fsp3) is 0.333. The summed E-state index contributed by atoms with van der Waals surface area (Å²) in [6, 6.07) is 13.6. The monoisotopic (exact) mass is 323 g/mol. The first kappa shape index (κ1) is 17.9. The molecule has 3 nitrogen and oxygen atoms in total. The molecule has 24 heavy (non-hydrogen) atoms. The first-order valence-electron chi connectivity index (χ1n) is 8.34. The third-order valence-corrected chi connectivity index (χ3v) is 4.11. The summed E-state index contributed by atoms with van der Waals surface area (Å²) < 4.78 is 6.18. The average Bonchev–Trinajstić information content (AvgIpc) is 2.58. The van der Waals surface area contributed by atoms with Crippen molar-refractivity contribution < 1.29 is 9.53 Å². The molecule has 126 valence electrons. The second kappa shape index (κ2) is 7.91. The van der Waals surface area contributed by atoms with E-state index in [-0.39, 0.29) is 5.78 Å². The maximum Gasteiger partial charge on any atom is 0.203 e. The molecule has 0 unspecified atom stereocenters. The van der Waals surface area contributed by atoms with Gasteiger partial charge in [0.05, 0.1) is 6.21 Å². The number of Topliss-reactive ketones (excluding diaryl/α,β-unsaturated/α-hetero) is 1. The quantitative estimate of drug-likeness (QED) is 0.552. The first-order chi connectivity index (χ1) is 11.5. The number of carbonyl (C=O) groups is 1. The third kappa shape index (κ3) is 3.91. The Balaban J connectivity index is 2.36. The predicted molar refractivity (Wildman–Crippen MR) is 98.5 cm³/mol. The van der Waals surface area contributed by atoms with Gasteiger partial charge in [-0.25, -0.2) is 0 Å². The summed E-state index contributed by atoms with van der Waals surface area (Å²) in [6.45, 7) is 8.93. The molecular weight excluding hydrogens is 298 g/mol. The minimum absolute atomic E-state index is 0.296. The molecule has 0 bridgehead atoms. The second-order valence-electron chi connectivity index (χ2n) is 6.53. The number of ketones is 1. The van der Waals surface area contributed by atoms with Crippen molar-refractivity contribution in [3.05, 3.63) is 64.7 Å². The van der Waals surface area contributed by atoms with Crippen LogP contribution in [0.3, 0.4) is 0 Å². The molecule has 3 heteroatoms. The van der Waals surface area contributed by atoms with Gasteiger partial charge >= 0.3 is 0 Å². The van der Waals surface area contributed by atoms with E-state index in [1.165, 1.54) is 11.1 Å². The van der Waals surface area contributed by atoms with Gasteiger partial charge in [-0.05, 0) is 23.0 Å². The van der Waals surface area contributed by atoms with Crippen LogP contribution in [0.25, 0.3) is 0 Å². The van der Waals surface area contributed by atoms with Gasteiger partial charge in [-0.3, -0.25) is 4.79 Å². The van der Waals surface area contributed by atoms with Crippen molar-refractivity contribution in [3.8, 4) is 5.75 Å². The maximum absolute atomic E-state index is 11.9. The summed E-state index contributed by atoms with van der Waals surface area (Å²) in [4.78, 5) is 11.9. The Labute approximate surface area is 144 Å². The topological polar surface area (TPSA) is 50.2 Å². The molecule has 2 aromatic rings. The molecule has 0 aliphatic heterocycles. The molecule has 0 saturated carbocycles. The van der Waals surface area contributed by atoms with Gasteiger partial charge in [0.25, 0.3) is 0 Å². The number of hydrogen-bond acceptors (Lipinski definition) is 3. The van der Waals surface area contributed by atoms with E-state index in [1.807, 2.05) is 18.2 Å². The number of ether oxygens (including phenoxy) is 1. The van der Waals surface area contributed by atoms with Crippen LogP contribution >= 0.6 is 0 Å². The Kier molecular flexibility index (Phi) is 5.91. The third-order valence-electron chi connectivity index (χ3n) is 4.11. The molecule has 0 aromatic heterocycles. The fourth-order valence-electron chi connectivity index (χ4n) is 2.76. The van der Waals surface area contributed by atoms with Crippen LogP contribution in [0.2, 0.25) is 0 Å². The summed E-state index contributed by atoms with van der Waals surface area (Å²) in [5.74, 6) is 1.34. The predicted octanol–water partition coefficient (Wildman–Crippen LogP) is 5.34. The summed E-state index contributed by atoms with van der Waals surface area (Å²) in [6.07, 6.45) is 0.848. The highest BCUT2D eigenvalue weighted by Crippen LogP contribution is 2.35. The van der Waals surface area contributed by atoms with Crippen molar-refractivity contribution in [1.82, 2.24) is 0 Å². The Hall–Kier alpha value is -2.42. The van der Waals surface area contributed by atoms with E-state index in [2.05, 4.69) is 45.9 Å². The van der Waals surface area contributed by atoms with E-state index in [9.17, 15) is 4.79 Å². The molecule has 0 heterocycles. The van der Waals surface area contributed by atoms with Crippen molar-refractivity contribution in [2.24, 2.45) is 0 Å². The van der Waals surface area contributed by atoms with Crippen molar-refractivity contribution in [1.29, 1.82) is 5.41 Å². The van der Waals surface area contributed by atoms with E-state index >= 15 is 0 Å². The highest BCUT2D eigenvalue weighted by Gasteiger charge is 2.16. The van der Waals surface area contributed by atoms with Crippen molar-refractivity contribution >= 4 is 12.0 Å². The molecule has 0 aliphatic rings. The van der Waals surface area contributed by atoms with Crippen LogP contribution in [0.1, 0.15) is 66.6 Å². The molecule has 0 fully saturated rings. The molecule has 0 aliphatic carbocycles. The van der Waals surface area contributed by atoms with Crippen molar-refractivity contribution in [2.45, 2.75) is 46.1 Å². The molecule has 2 rings (SSSR count). The van der Waals surface area contributed by atoms with Gasteiger partial charge in [0.15, 0.2) is 0 Å². The van der Waals surface area contributed by atoms with Crippen molar-refractivity contribution in [2.75, 3.05) is 0 Å². The van der Waals surface area contributed by atoms with Crippen LogP contribution in [0.15, 0.2) is 42.5 Å². The van der Waals surface area contributed by atoms with E-state index in [1.54, 1.807) is 6.07 Å². The van der Waals surface area contributed by atoms with E-state index in [4.69, 9.17) is 10.1 Å². The maximum atomic E-state index is 11.9. The van der Waals surface area contributed by atoms with Crippen LogP contribution in [0.4, 0.5) is 0 Å². The summed E-state index contributed by atoms with van der Waals surface area (Å²) >= 11 is 0. The number of rotatable bonds is 7. The van der Waals surface area contributed by atoms with E-state index in [0.29, 0.717) is 24.0 Å². The van der Waals surface area contributed by atoms with E-state index in [0.717, 1.165) is 17.5 Å². The zero-order chi connectivity index (χ0) is 17.7. The molecule has 0 spiro atoms. The van der Waals surface area contributed by atoms with Gasteiger partial charge in [-0.2, -0.15) is 0 Å². The van der Waals surface area contributed by atoms with Gasteiger partial charge in [0, 0.05) is 11.1 Å². The molecule has 1 N–H and O–H groups in total. The molecular formula is C21H25NO2. The normalized spacial score (nSPS) is 10.9. The largest absolute Gasteiger partial charge is 0.488 e. The van der Waals surface area contributed by atoms with Gasteiger partial charge < -0.3 is 10.1 Å². The SMILES string of the molecule is CC(C)c1cccc(C(C)C)c1OCc1ccccc1C(=O)C=N. The number of hydrogen-bond donors (Lipinski definition) is 1. The lowest BCUT2D eigenvalue weighted by atomic mass is 9.94. The number of nitrogens with one attached hydrogen (secondary N) is 1. The minimum atomic E-state index is -0.296. The summed E-state index contributed by atoms with van der Waals surface area (Å²) in [5.41, 5.74) is 3.69. The smallest absolute Gasteiger partial charge is 0.203 e. The molecule has 2 aromatic carbocycles. The summed E-state index contributed by atoms with van der Waals surface area (Å²) in [5, 5.41) is 7.20. The Morgan fingerprint density at radius 2 is 1.58 bits per heavy atom. The highest BCUT2D eigenvalue weighted by atomic mass is 16.5. The first-order valence-corrected chi connectivity index (χ1v) is 8.34. The van der Waals surface area contributed by atoms with Gasteiger partial charge in [-0.1, -0.05) is 70.2 Å². The fourth-order valence-corrected chi connectivity index (χ4v) is 2.76. The van der Waals surface area contributed by atoms with Gasteiger partial charge in [-0.15, -0.1) is 0 Å². The highest BCUT2D eigenvalue weighted by molar-refractivity contribution is 6.34. The van der Waals surface area contributed by atoms with Crippen LogP contribution in [-0.4, -0.2) is 12.0 Å². The number of para-hydroxylation sites is 1. The average molecular weight is 323 g/mol. The zero-order valence-electron chi connectivity index (χ0n) is 14.8. The minimum Gasteiger partial charge on any atom is -0.488 e.